The molecule has 3 aromatic rings. The molecule has 7 heteroatoms. The van der Waals surface area contributed by atoms with Gasteiger partial charge in [0.05, 0.1) is 17.6 Å². The minimum Gasteiger partial charge on any atom is -0.467 e. The van der Waals surface area contributed by atoms with E-state index in [1.807, 2.05) is 12.1 Å². The summed E-state index contributed by atoms with van der Waals surface area (Å²) in [5, 5.41) is 3.99. The third-order valence-electron chi connectivity index (χ3n) is 5.29. The van der Waals surface area contributed by atoms with Crippen LogP contribution in [0.5, 0.6) is 6.01 Å². The van der Waals surface area contributed by atoms with E-state index in [1.165, 1.54) is 38.5 Å². The average Bonchev–Trinajstić information content (AvgIpc) is 2.71. The van der Waals surface area contributed by atoms with Crippen molar-refractivity contribution in [1.29, 1.82) is 0 Å². The number of rotatable bonds is 4. The first-order valence-corrected chi connectivity index (χ1v) is 9.80. The summed E-state index contributed by atoms with van der Waals surface area (Å²) in [4.78, 5) is 8.92. The molecule has 0 unspecified atom stereocenters. The molecule has 1 saturated carbocycles. The second-order valence-electron chi connectivity index (χ2n) is 7.15. The number of halogens is 2. The Kier molecular flexibility index (Phi) is 5.22. The highest BCUT2D eigenvalue weighted by Crippen LogP contribution is 2.38. The number of hydrogen-bond acceptors (Lipinski definition) is 5. The lowest BCUT2D eigenvalue weighted by Crippen LogP contribution is -2.08. The van der Waals surface area contributed by atoms with Crippen molar-refractivity contribution in [3.8, 4) is 6.01 Å². The summed E-state index contributed by atoms with van der Waals surface area (Å²) in [6, 6.07) is 8.63. The van der Waals surface area contributed by atoms with Crippen LogP contribution in [-0.4, -0.2) is 17.1 Å². The summed E-state index contributed by atoms with van der Waals surface area (Å²) in [6.45, 7) is 0. The molecular weight excluding hydrogens is 379 g/mol. The van der Waals surface area contributed by atoms with Crippen LogP contribution in [0.2, 0.25) is 5.02 Å². The zero-order chi connectivity index (χ0) is 19.7. The zero-order valence-corrected chi connectivity index (χ0v) is 16.4. The van der Waals surface area contributed by atoms with E-state index in [-0.39, 0.29) is 11.0 Å². The van der Waals surface area contributed by atoms with E-state index < -0.39 is 5.82 Å². The largest absolute Gasteiger partial charge is 0.467 e. The van der Waals surface area contributed by atoms with E-state index in [1.54, 1.807) is 6.07 Å². The number of benzene rings is 2. The SMILES string of the molecule is COc1nc(Nc2ccc(F)c(Cl)c2)c2cc(N)c(C3CCCCC3)cc2n1. The van der Waals surface area contributed by atoms with Crippen molar-refractivity contribution < 1.29 is 9.13 Å². The number of nitrogens with one attached hydrogen (secondary N) is 1. The Hall–Kier alpha value is -2.60. The second kappa shape index (κ2) is 7.80. The highest BCUT2D eigenvalue weighted by atomic mass is 35.5. The first-order valence-electron chi connectivity index (χ1n) is 9.42. The Labute approximate surface area is 168 Å². The number of fused-ring (bicyclic) bond motifs is 1. The van der Waals surface area contributed by atoms with Gasteiger partial charge in [0.15, 0.2) is 0 Å². The van der Waals surface area contributed by atoms with Gasteiger partial charge in [-0.05, 0) is 54.7 Å². The third-order valence-corrected chi connectivity index (χ3v) is 5.58. The standard InChI is InChI=1S/C21H22ClFN4O/c1-28-21-26-19-11-14(12-5-3-2-4-6-12)18(24)10-15(19)20(27-21)25-13-7-8-17(23)16(22)9-13/h7-12H,2-6,24H2,1H3,(H,25,26,27). The molecule has 0 atom stereocenters. The Bertz CT molecular complexity index is 1020. The molecule has 0 amide bonds. The summed E-state index contributed by atoms with van der Waals surface area (Å²) in [7, 11) is 1.53. The van der Waals surface area contributed by atoms with Crippen molar-refractivity contribution in [2.24, 2.45) is 0 Å². The number of anilines is 3. The van der Waals surface area contributed by atoms with Crippen LogP contribution in [0.4, 0.5) is 21.6 Å². The van der Waals surface area contributed by atoms with Gasteiger partial charge in [0.1, 0.15) is 11.6 Å². The maximum absolute atomic E-state index is 13.5. The molecule has 0 aliphatic heterocycles. The van der Waals surface area contributed by atoms with Gasteiger partial charge in [-0.1, -0.05) is 30.9 Å². The van der Waals surface area contributed by atoms with E-state index in [0.29, 0.717) is 17.4 Å². The summed E-state index contributed by atoms with van der Waals surface area (Å²) in [5.74, 6) is 0.525. The number of methoxy groups -OCH3 is 1. The molecule has 0 spiro atoms. The Balaban J connectivity index is 1.79. The van der Waals surface area contributed by atoms with Gasteiger partial charge in [-0.25, -0.2) is 4.39 Å². The minimum atomic E-state index is -0.473. The van der Waals surface area contributed by atoms with Crippen LogP contribution < -0.4 is 15.8 Å². The fraction of sp³-hybridized carbons (Fsp3) is 0.333. The van der Waals surface area contributed by atoms with Crippen LogP contribution in [0, 0.1) is 5.82 Å². The van der Waals surface area contributed by atoms with Gasteiger partial charge in [-0.15, -0.1) is 0 Å². The Morgan fingerprint density at radius 1 is 1.14 bits per heavy atom. The highest BCUT2D eigenvalue weighted by Gasteiger charge is 2.20. The van der Waals surface area contributed by atoms with Gasteiger partial charge in [-0.2, -0.15) is 9.97 Å². The minimum absolute atomic E-state index is 0.0365. The van der Waals surface area contributed by atoms with Gasteiger partial charge in [-0.3, -0.25) is 0 Å². The van der Waals surface area contributed by atoms with Crippen LogP contribution >= 0.6 is 11.6 Å². The summed E-state index contributed by atoms with van der Waals surface area (Å²) in [5.41, 5.74) is 9.67. The lowest BCUT2D eigenvalue weighted by atomic mass is 9.83. The molecule has 1 heterocycles. The molecule has 1 aliphatic rings. The van der Waals surface area contributed by atoms with Crippen LogP contribution in [-0.2, 0) is 0 Å². The quantitative estimate of drug-likeness (QED) is 0.541. The molecule has 1 fully saturated rings. The topological polar surface area (TPSA) is 73.1 Å². The number of ether oxygens (including phenoxy) is 1. The van der Waals surface area contributed by atoms with Crippen LogP contribution in [0.3, 0.4) is 0 Å². The predicted molar refractivity (Wildman–Crippen MR) is 111 cm³/mol. The number of aromatic nitrogens is 2. The summed E-state index contributed by atoms with van der Waals surface area (Å²) < 4.78 is 18.7. The van der Waals surface area contributed by atoms with Crippen LogP contribution in [0.25, 0.3) is 10.9 Å². The molecule has 1 aromatic heterocycles. The lowest BCUT2D eigenvalue weighted by molar-refractivity contribution is 0.382. The van der Waals surface area contributed by atoms with E-state index >= 15 is 0 Å². The molecule has 0 radical (unpaired) electrons. The van der Waals surface area contributed by atoms with Gasteiger partial charge < -0.3 is 15.8 Å². The number of nitrogens with zero attached hydrogens (tertiary/aromatic N) is 2. The van der Waals surface area contributed by atoms with Gasteiger partial charge in [0.2, 0.25) is 0 Å². The average molecular weight is 401 g/mol. The molecule has 5 nitrogen and oxygen atoms in total. The number of nitrogen functional groups attached to an aromatic ring is 1. The monoisotopic (exact) mass is 400 g/mol. The van der Waals surface area contributed by atoms with Crippen LogP contribution in [0.15, 0.2) is 30.3 Å². The molecule has 4 rings (SSSR count). The first-order chi connectivity index (χ1) is 13.5. The molecule has 146 valence electrons. The molecule has 3 N–H and O–H groups in total. The summed E-state index contributed by atoms with van der Waals surface area (Å²) >= 11 is 5.90. The van der Waals surface area contributed by atoms with E-state index in [0.717, 1.165) is 35.0 Å². The maximum Gasteiger partial charge on any atom is 0.318 e. The van der Waals surface area contributed by atoms with Gasteiger partial charge in [0.25, 0.3) is 0 Å². The molecule has 28 heavy (non-hydrogen) atoms. The fourth-order valence-electron chi connectivity index (χ4n) is 3.85. The molecule has 0 saturated heterocycles. The smallest absolute Gasteiger partial charge is 0.318 e. The van der Waals surface area contributed by atoms with Crippen molar-refractivity contribution in [3.63, 3.8) is 0 Å². The highest BCUT2D eigenvalue weighted by molar-refractivity contribution is 6.31. The van der Waals surface area contributed by atoms with E-state index in [2.05, 4.69) is 15.3 Å². The van der Waals surface area contributed by atoms with Crippen molar-refractivity contribution in [3.05, 3.63) is 46.7 Å². The van der Waals surface area contributed by atoms with Crippen molar-refractivity contribution in [2.45, 2.75) is 38.0 Å². The number of hydrogen-bond donors (Lipinski definition) is 2. The Morgan fingerprint density at radius 2 is 1.93 bits per heavy atom. The van der Waals surface area contributed by atoms with Gasteiger partial charge >= 0.3 is 6.01 Å². The van der Waals surface area contributed by atoms with Crippen molar-refractivity contribution in [2.75, 3.05) is 18.2 Å². The normalized spacial score (nSPS) is 15.0. The second-order valence-corrected chi connectivity index (χ2v) is 7.55. The van der Waals surface area contributed by atoms with Gasteiger partial charge in [0, 0.05) is 16.8 Å². The zero-order valence-electron chi connectivity index (χ0n) is 15.6. The van der Waals surface area contributed by atoms with Crippen LogP contribution in [0.1, 0.15) is 43.6 Å². The van der Waals surface area contributed by atoms with E-state index in [4.69, 9.17) is 22.1 Å². The fourth-order valence-corrected chi connectivity index (χ4v) is 4.03. The third kappa shape index (κ3) is 3.69. The van der Waals surface area contributed by atoms with E-state index in [9.17, 15) is 4.39 Å². The number of nitrogens with two attached hydrogens (primary N) is 1. The molecular formula is C21H22ClFN4O. The lowest BCUT2D eigenvalue weighted by Gasteiger charge is -2.24. The first kappa shape index (κ1) is 18.7. The van der Waals surface area contributed by atoms with Crippen molar-refractivity contribution in [1.82, 2.24) is 9.97 Å². The maximum atomic E-state index is 13.5. The summed E-state index contributed by atoms with van der Waals surface area (Å²) in [6.07, 6.45) is 6.04. The predicted octanol–water partition coefficient (Wildman–Crippen LogP) is 5.80. The van der Waals surface area contributed by atoms with Crippen molar-refractivity contribution >= 4 is 39.7 Å². The molecule has 1 aliphatic carbocycles. The Morgan fingerprint density at radius 3 is 2.64 bits per heavy atom. The molecule has 0 bridgehead atoms. The molecule has 2 aromatic carbocycles.